The van der Waals surface area contributed by atoms with E-state index in [4.69, 9.17) is 11.6 Å². The summed E-state index contributed by atoms with van der Waals surface area (Å²) in [6.45, 7) is 0. The van der Waals surface area contributed by atoms with E-state index in [1.54, 1.807) is 0 Å². The van der Waals surface area contributed by atoms with Crippen LogP contribution in [0.5, 0.6) is 0 Å². The maximum Gasteiger partial charge on any atom is 0.329 e. The highest BCUT2D eigenvalue weighted by Gasteiger charge is 2.43. The van der Waals surface area contributed by atoms with Crippen molar-refractivity contribution in [1.29, 1.82) is 0 Å². The third kappa shape index (κ3) is 2.60. The third-order valence-corrected chi connectivity index (χ3v) is 3.76. The van der Waals surface area contributed by atoms with Gasteiger partial charge in [0.25, 0.3) is 5.91 Å². The first-order valence-corrected chi connectivity index (χ1v) is 6.44. The minimum atomic E-state index is -1.40. The second-order valence-electron chi connectivity index (χ2n) is 4.79. The molecule has 0 bridgehead atoms. The van der Waals surface area contributed by atoms with Crippen molar-refractivity contribution < 1.29 is 23.5 Å². The SMILES string of the molecule is O=C(NC1(C(=O)O)CCCC1)c1cc(F)c(Cl)cc1F. The van der Waals surface area contributed by atoms with Gasteiger partial charge in [-0.05, 0) is 25.0 Å². The lowest BCUT2D eigenvalue weighted by Gasteiger charge is -2.25. The molecule has 0 radical (unpaired) electrons. The standard InChI is InChI=1S/C13H12ClF2NO3/c14-8-6-9(15)7(5-10(8)16)11(18)17-13(12(19)20)3-1-2-4-13/h5-6H,1-4H2,(H,17,18)(H,19,20). The predicted molar refractivity (Wildman–Crippen MR) is 67.7 cm³/mol. The molecule has 1 aromatic rings. The Hall–Kier alpha value is -1.69. The number of aliphatic carboxylic acids is 1. The Morgan fingerprint density at radius 2 is 1.80 bits per heavy atom. The van der Waals surface area contributed by atoms with Crippen LogP contribution in [0.25, 0.3) is 0 Å². The van der Waals surface area contributed by atoms with Crippen molar-refractivity contribution in [2.24, 2.45) is 0 Å². The number of halogens is 3. The molecule has 20 heavy (non-hydrogen) atoms. The first-order chi connectivity index (χ1) is 9.35. The molecule has 1 amide bonds. The normalized spacial score (nSPS) is 16.9. The number of hydrogen-bond acceptors (Lipinski definition) is 2. The highest BCUT2D eigenvalue weighted by atomic mass is 35.5. The van der Waals surface area contributed by atoms with E-state index in [9.17, 15) is 23.5 Å². The van der Waals surface area contributed by atoms with Crippen molar-refractivity contribution in [2.45, 2.75) is 31.2 Å². The third-order valence-electron chi connectivity index (χ3n) is 3.47. The number of nitrogens with one attached hydrogen (secondary N) is 1. The Morgan fingerprint density at radius 3 is 2.35 bits per heavy atom. The van der Waals surface area contributed by atoms with E-state index >= 15 is 0 Å². The zero-order valence-electron chi connectivity index (χ0n) is 10.4. The average molecular weight is 304 g/mol. The molecule has 0 aliphatic heterocycles. The molecule has 1 aliphatic carbocycles. The van der Waals surface area contributed by atoms with E-state index in [1.165, 1.54) is 0 Å². The summed E-state index contributed by atoms with van der Waals surface area (Å²) in [6, 6.07) is 1.35. The lowest BCUT2D eigenvalue weighted by Crippen LogP contribution is -2.52. The summed E-state index contributed by atoms with van der Waals surface area (Å²) in [6.07, 6.45) is 1.85. The van der Waals surface area contributed by atoms with Crippen molar-refractivity contribution in [3.8, 4) is 0 Å². The highest BCUT2D eigenvalue weighted by molar-refractivity contribution is 6.30. The van der Waals surface area contributed by atoms with Crippen LogP contribution in [-0.4, -0.2) is 22.5 Å². The summed E-state index contributed by atoms with van der Waals surface area (Å²) in [4.78, 5) is 23.3. The van der Waals surface area contributed by atoms with Gasteiger partial charge in [0.1, 0.15) is 17.2 Å². The molecule has 2 N–H and O–H groups in total. The topological polar surface area (TPSA) is 66.4 Å². The fraction of sp³-hybridized carbons (Fsp3) is 0.385. The van der Waals surface area contributed by atoms with Crippen LogP contribution < -0.4 is 5.32 Å². The van der Waals surface area contributed by atoms with Crippen molar-refractivity contribution in [2.75, 3.05) is 0 Å². The molecule has 0 unspecified atom stereocenters. The van der Waals surface area contributed by atoms with E-state index in [0.717, 1.165) is 0 Å². The van der Waals surface area contributed by atoms with Gasteiger partial charge in [-0.15, -0.1) is 0 Å². The molecule has 1 aromatic carbocycles. The minimum absolute atomic E-state index is 0.270. The molecule has 1 aliphatic rings. The second kappa shape index (κ2) is 5.36. The van der Waals surface area contributed by atoms with Crippen molar-refractivity contribution in [3.63, 3.8) is 0 Å². The number of carboxylic acids is 1. The maximum absolute atomic E-state index is 13.6. The van der Waals surface area contributed by atoms with Gasteiger partial charge in [-0.2, -0.15) is 0 Å². The van der Waals surface area contributed by atoms with E-state index in [-0.39, 0.29) is 12.8 Å². The summed E-state index contributed by atoms with van der Waals surface area (Å²) < 4.78 is 26.9. The molecular weight excluding hydrogens is 292 g/mol. The summed E-state index contributed by atoms with van der Waals surface area (Å²) in [5, 5.41) is 11.1. The summed E-state index contributed by atoms with van der Waals surface area (Å²) in [7, 11) is 0. The largest absolute Gasteiger partial charge is 0.480 e. The maximum atomic E-state index is 13.6. The van der Waals surface area contributed by atoms with Gasteiger partial charge < -0.3 is 10.4 Å². The molecule has 4 nitrogen and oxygen atoms in total. The van der Waals surface area contributed by atoms with Gasteiger partial charge >= 0.3 is 5.97 Å². The summed E-state index contributed by atoms with van der Waals surface area (Å²) in [5.74, 6) is -4.05. The molecule has 1 saturated carbocycles. The van der Waals surface area contributed by atoms with Gasteiger partial charge in [0.05, 0.1) is 10.6 Å². The molecule has 0 aromatic heterocycles. The van der Waals surface area contributed by atoms with Crippen LogP contribution in [0.4, 0.5) is 8.78 Å². The molecule has 2 rings (SSSR count). The Morgan fingerprint density at radius 1 is 1.20 bits per heavy atom. The average Bonchev–Trinajstić information content (AvgIpc) is 2.83. The van der Waals surface area contributed by atoms with E-state index in [0.29, 0.717) is 25.0 Å². The fourth-order valence-corrected chi connectivity index (χ4v) is 2.50. The number of hydrogen-bond donors (Lipinski definition) is 2. The molecular formula is C13H12ClF2NO3. The second-order valence-corrected chi connectivity index (χ2v) is 5.20. The lowest BCUT2D eigenvalue weighted by molar-refractivity contribution is -0.144. The van der Waals surface area contributed by atoms with Crippen LogP contribution in [0.3, 0.4) is 0 Å². The van der Waals surface area contributed by atoms with E-state index in [1.807, 2.05) is 0 Å². The number of amides is 1. The number of carbonyl (C=O) groups is 2. The molecule has 0 spiro atoms. The molecule has 108 valence electrons. The number of benzene rings is 1. The van der Waals surface area contributed by atoms with Crippen LogP contribution in [0, 0.1) is 11.6 Å². The van der Waals surface area contributed by atoms with E-state index in [2.05, 4.69) is 5.32 Å². The van der Waals surface area contributed by atoms with Crippen LogP contribution >= 0.6 is 11.6 Å². The van der Waals surface area contributed by atoms with E-state index < -0.39 is 39.6 Å². The van der Waals surface area contributed by atoms with Gasteiger partial charge in [0.15, 0.2) is 0 Å². The summed E-state index contributed by atoms with van der Waals surface area (Å²) in [5.41, 5.74) is -1.96. The molecule has 0 saturated heterocycles. The Balaban J connectivity index is 2.28. The van der Waals surface area contributed by atoms with Crippen LogP contribution in [0.15, 0.2) is 12.1 Å². The van der Waals surface area contributed by atoms with Gasteiger partial charge in [0, 0.05) is 0 Å². The molecule has 0 atom stereocenters. The number of rotatable bonds is 3. The lowest BCUT2D eigenvalue weighted by atomic mass is 9.97. The van der Waals surface area contributed by atoms with Gasteiger partial charge in [-0.1, -0.05) is 24.4 Å². The quantitative estimate of drug-likeness (QED) is 0.844. The zero-order chi connectivity index (χ0) is 14.9. The Bertz CT molecular complexity index is 571. The zero-order valence-corrected chi connectivity index (χ0v) is 11.1. The Labute approximate surface area is 118 Å². The van der Waals surface area contributed by atoms with Gasteiger partial charge in [0.2, 0.25) is 0 Å². The fourth-order valence-electron chi connectivity index (χ4n) is 2.35. The van der Waals surface area contributed by atoms with Crippen molar-refractivity contribution in [3.05, 3.63) is 34.4 Å². The first-order valence-electron chi connectivity index (χ1n) is 6.06. The van der Waals surface area contributed by atoms with Crippen molar-refractivity contribution >= 4 is 23.5 Å². The predicted octanol–water partition coefficient (Wildman–Crippen LogP) is 2.75. The van der Waals surface area contributed by atoms with Gasteiger partial charge in [-0.3, -0.25) is 4.79 Å². The molecule has 0 heterocycles. The van der Waals surface area contributed by atoms with Crippen LogP contribution in [0.2, 0.25) is 5.02 Å². The van der Waals surface area contributed by atoms with Crippen LogP contribution in [-0.2, 0) is 4.79 Å². The number of carbonyl (C=O) groups excluding carboxylic acids is 1. The smallest absolute Gasteiger partial charge is 0.329 e. The van der Waals surface area contributed by atoms with Crippen LogP contribution in [0.1, 0.15) is 36.0 Å². The monoisotopic (exact) mass is 303 g/mol. The summed E-state index contributed by atoms with van der Waals surface area (Å²) >= 11 is 5.40. The van der Waals surface area contributed by atoms with Crippen molar-refractivity contribution in [1.82, 2.24) is 5.32 Å². The molecule has 1 fully saturated rings. The minimum Gasteiger partial charge on any atom is -0.480 e. The van der Waals surface area contributed by atoms with Gasteiger partial charge in [-0.25, -0.2) is 13.6 Å². The first kappa shape index (κ1) is 14.7. The molecule has 7 heteroatoms. The highest BCUT2D eigenvalue weighted by Crippen LogP contribution is 2.30. The Kier molecular flexibility index (Phi) is 3.94. The number of carboxylic acid groups (broad SMARTS) is 1.